The SMILES string of the molecule is COC1(C(=O)Cc2cc(C)cc(C)c2)CCOCC1. The standard InChI is InChI=1S/C16H22O3/c1-12-8-13(2)10-14(9-12)11-15(17)16(18-3)4-6-19-7-5-16/h8-10H,4-7,11H2,1-3H3. The molecule has 0 aliphatic carbocycles. The highest BCUT2D eigenvalue weighted by Crippen LogP contribution is 2.27. The van der Waals surface area contributed by atoms with Crippen molar-refractivity contribution in [3.05, 3.63) is 34.9 Å². The molecule has 1 aromatic carbocycles. The molecule has 0 atom stereocenters. The smallest absolute Gasteiger partial charge is 0.169 e. The van der Waals surface area contributed by atoms with E-state index in [9.17, 15) is 4.79 Å². The van der Waals surface area contributed by atoms with Crippen molar-refractivity contribution < 1.29 is 14.3 Å². The van der Waals surface area contributed by atoms with Gasteiger partial charge in [0.05, 0.1) is 0 Å². The fourth-order valence-electron chi connectivity index (χ4n) is 2.82. The average Bonchev–Trinajstić information content (AvgIpc) is 2.38. The molecule has 1 saturated heterocycles. The molecule has 1 aliphatic rings. The van der Waals surface area contributed by atoms with Crippen molar-refractivity contribution in [2.24, 2.45) is 0 Å². The van der Waals surface area contributed by atoms with Gasteiger partial charge in [-0.1, -0.05) is 29.3 Å². The summed E-state index contributed by atoms with van der Waals surface area (Å²) >= 11 is 0. The van der Waals surface area contributed by atoms with Crippen molar-refractivity contribution in [1.82, 2.24) is 0 Å². The number of aryl methyl sites for hydroxylation is 2. The quantitative estimate of drug-likeness (QED) is 0.836. The molecule has 0 radical (unpaired) electrons. The van der Waals surface area contributed by atoms with E-state index in [2.05, 4.69) is 32.0 Å². The Balaban J connectivity index is 2.14. The van der Waals surface area contributed by atoms with Crippen LogP contribution in [0.25, 0.3) is 0 Å². The summed E-state index contributed by atoms with van der Waals surface area (Å²) in [4.78, 5) is 12.6. The average molecular weight is 262 g/mol. The van der Waals surface area contributed by atoms with Crippen LogP contribution in [0.3, 0.4) is 0 Å². The summed E-state index contributed by atoms with van der Waals surface area (Å²) < 4.78 is 10.9. The summed E-state index contributed by atoms with van der Waals surface area (Å²) in [5.74, 6) is 0.170. The van der Waals surface area contributed by atoms with Crippen molar-refractivity contribution in [3.63, 3.8) is 0 Å². The first-order chi connectivity index (χ1) is 9.05. The van der Waals surface area contributed by atoms with Gasteiger partial charge in [0, 0.05) is 39.6 Å². The predicted molar refractivity (Wildman–Crippen MR) is 74.4 cm³/mol. The van der Waals surface area contributed by atoms with E-state index in [1.165, 1.54) is 11.1 Å². The first kappa shape index (κ1) is 14.2. The van der Waals surface area contributed by atoms with Gasteiger partial charge in [0.2, 0.25) is 0 Å². The summed E-state index contributed by atoms with van der Waals surface area (Å²) in [6, 6.07) is 6.27. The molecule has 3 nitrogen and oxygen atoms in total. The summed E-state index contributed by atoms with van der Waals surface area (Å²) in [6.45, 7) is 5.32. The Labute approximate surface area is 114 Å². The van der Waals surface area contributed by atoms with Crippen LogP contribution in [-0.4, -0.2) is 31.7 Å². The minimum absolute atomic E-state index is 0.170. The van der Waals surface area contributed by atoms with Crippen LogP contribution in [0.5, 0.6) is 0 Å². The molecule has 0 saturated carbocycles. The highest BCUT2D eigenvalue weighted by molar-refractivity contribution is 5.89. The molecule has 0 spiro atoms. The minimum Gasteiger partial charge on any atom is -0.381 e. The molecule has 0 amide bonds. The van der Waals surface area contributed by atoms with Gasteiger partial charge < -0.3 is 9.47 Å². The van der Waals surface area contributed by atoms with Crippen LogP contribution in [0.2, 0.25) is 0 Å². The molecule has 1 heterocycles. The van der Waals surface area contributed by atoms with Crippen LogP contribution in [0.15, 0.2) is 18.2 Å². The summed E-state index contributed by atoms with van der Waals surface area (Å²) in [5, 5.41) is 0. The van der Waals surface area contributed by atoms with Crippen LogP contribution in [0.4, 0.5) is 0 Å². The van der Waals surface area contributed by atoms with Gasteiger partial charge in [0.15, 0.2) is 5.78 Å². The molecule has 0 unspecified atom stereocenters. The molecular formula is C16H22O3. The van der Waals surface area contributed by atoms with E-state index in [4.69, 9.17) is 9.47 Å². The lowest BCUT2D eigenvalue weighted by Gasteiger charge is -2.34. The molecule has 104 valence electrons. The number of benzene rings is 1. The minimum atomic E-state index is -0.643. The summed E-state index contributed by atoms with van der Waals surface area (Å²) in [5.41, 5.74) is 2.82. The van der Waals surface area contributed by atoms with Crippen molar-refractivity contribution in [1.29, 1.82) is 0 Å². The Hall–Kier alpha value is -1.19. The number of hydrogen-bond acceptors (Lipinski definition) is 3. The molecule has 1 aliphatic heterocycles. The maximum atomic E-state index is 12.6. The lowest BCUT2D eigenvalue weighted by Crippen LogP contribution is -2.46. The van der Waals surface area contributed by atoms with E-state index in [1.807, 2.05) is 0 Å². The van der Waals surface area contributed by atoms with Gasteiger partial charge >= 0.3 is 0 Å². The number of carbonyl (C=O) groups is 1. The van der Waals surface area contributed by atoms with Crippen LogP contribution in [0.1, 0.15) is 29.5 Å². The third-order valence-electron chi connectivity index (χ3n) is 3.85. The van der Waals surface area contributed by atoms with E-state index < -0.39 is 5.60 Å². The number of methoxy groups -OCH3 is 1. The number of hydrogen-bond donors (Lipinski definition) is 0. The maximum Gasteiger partial charge on any atom is 0.169 e. The number of Topliss-reactive ketones (excluding diaryl/α,β-unsaturated/α-hetero) is 1. The fraction of sp³-hybridized carbons (Fsp3) is 0.562. The zero-order chi connectivity index (χ0) is 13.9. The number of ketones is 1. The zero-order valence-corrected chi connectivity index (χ0v) is 12.0. The molecular weight excluding hydrogens is 240 g/mol. The predicted octanol–water partition coefficient (Wildman–Crippen LogP) is 2.61. The van der Waals surface area contributed by atoms with Crippen LogP contribution < -0.4 is 0 Å². The second-order valence-corrected chi connectivity index (χ2v) is 5.41. The second kappa shape index (κ2) is 5.85. The van der Waals surface area contributed by atoms with Gasteiger partial charge in [-0.25, -0.2) is 0 Å². The van der Waals surface area contributed by atoms with Crippen molar-refractivity contribution in [3.8, 4) is 0 Å². The second-order valence-electron chi connectivity index (χ2n) is 5.41. The zero-order valence-electron chi connectivity index (χ0n) is 12.0. The largest absolute Gasteiger partial charge is 0.381 e. The van der Waals surface area contributed by atoms with E-state index in [1.54, 1.807) is 7.11 Å². The highest BCUT2D eigenvalue weighted by atomic mass is 16.5. The Bertz CT molecular complexity index is 439. The molecule has 3 heteroatoms. The summed E-state index contributed by atoms with van der Waals surface area (Å²) in [6.07, 6.45) is 1.76. The van der Waals surface area contributed by atoms with Crippen molar-refractivity contribution >= 4 is 5.78 Å². The number of ether oxygens (including phenoxy) is 2. The van der Waals surface area contributed by atoms with Crippen LogP contribution in [0, 0.1) is 13.8 Å². The molecule has 19 heavy (non-hydrogen) atoms. The summed E-state index contributed by atoms with van der Waals surface area (Å²) in [7, 11) is 1.63. The number of rotatable bonds is 4. The first-order valence-electron chi connectivity index (χ1n) is 6.79. The monoisotopic (exact) mass is 262 g/mol. The third-order valence-corrected chi connectivity index (χ3v) is 3.85. The lowest BCUT2D eigenvalue weighted by atomic mass is 9.86. The molecule has 1 fully saturated rings. The Morgan fingerprint density at radius 1 is 1.21 bits per heavy atom. The molecule has 0 aromatic heterocycles. The van der Waals surface area contributed by atoms with E-state index in [0.29, 0.717) is 32.5 Å². The van der Waals surface area contributed by atoms with Crippen LogP contribution >= 0.6 is 0 Å². The van der Waals surface area contributed by atoms with Gasteiger partial charge in [0.1, 0.15) is 5.60 Å². The molecule has 0 bridgehead atoms. The van der Waals surface area contributed by atoms with E-state index in [-0.39, 0.29) is 5.78 Å². The van der Waals surface area contributed by atoms with Crippen molar-refractivity contribution in [2.45, 2.75) is 38.7 Å². The first-order valence-corrected chi connectivity index (χ1v) is 6.79. The van der Waals surface area contributed by atoms with Crippen LogP contribution in [-0.2, 0) is 20.7 Å². The Morgan fingerprint density at radius 2 is 1.79 bits per heavy atom. The Kier molecular flexibility index (Phi) is 4.38. The van der Waals surface area contributed by atoms with E-state index in [0.717, 1.165) is 5.56 Å². The van der Waals surface area contributed by atoms with Gasteiger partial charge in [-0.2, -0.15) is 0 Å². The maximum absolute atomic E-state index is 12.6. The number of carbonyl (C=O) groups excluding carboxylic acids is 1. The Morgan fingerprint density at radius 3 is 2.32 bits per heavy atom. The lowest BCUT2D eigenvalue weighted by molar-refractivity contribution is -0.151. The van der Waals surface area contributed by atoms with Crippen molar-refractivity contribution in [2.75, 3.05) is 20.3 Å². The highest BCUT2D eigenvalue weighted by Gasteiger charge is 2.39. The van der Waals surface area contributed by atoms with Gasteiger partial charge in [-0.3, -0.25) is 4.79 Å². The van der Waals surface area contributed by atoms with Gasteiger partial charge in [-0.05, 0) is 19.4 Å². The topological polar surface area (TPSA) is 35.5 Å². The van der Waals surface area contributed by atoms with Gasteiger partial charge in [0.25, 0.3) is 0 Å². The molecule has 2 rings (SSSR count). The van der Waals surface area contributed by atoms with E-state index >= 15 is 0 Å². The fourth-order valence-corrected chi connectivity index (χ4v) is 2.82. The molecule has 1 aromatic rings. The molecule has 0 N–H and O–H groups in total. The normalized spacial score (nSPS) is 18.3. The third kappa shape index (κ3) is 3.23. The van der Waals surface area contributed by atoms with Gasteiger partial charge in [-0.15, -0.1) is 0 Å².